The highest BCUT2D eigenvalue weighted by atomic mass is 35.5. The van der Waals surface area contributed by atoms with E-state index in [2.05, 4.69) is 11.1 Å². The molecule has 2 amide bonds. The van der Waals surface area contributed by atoms with Gasteiger partial charge in [0.05, 0.1) is 47.2 Å². The molecule has 0 saturated carbocycles. The number of hydrogen-bond donors (Lipinski definition) is 6. The number of oxime groups is 1. The normalized spacial score (nSPS) is 11.9. The van der Waals surface area contributed by atoms with Crippen LogP contribution in [0.4, 0.5) is 0 Å². The summed E-state index contributed by atoms with van der Waals surface area (Å²) in [5.74, 6) is 3.50. The quantitative estimate of drug-likeness (QED) is 0.0131. The molecule has 0 unspecified atom stereocenters. The number of rotatable bonds is 12. The van der Waals surface area contributed by atoms with Crippen molar-refractivity contribution >= 4 is 135 Å². The van der Waals surface area contributed by atoms with Gasteiger partial charge in [-0.05, 0) is 86.3 Å². The fourth-order valence-electron chi connectivity index (χ4n) is 4.85. The second-order valence-corrected chi connectivity index (χ2v) is 19.6. The highest BCUT2D eigenvalue weighted by Gasteiger charge is 2.40. The van der Waals surface area contributed by atoms with Crippen LogP contribution in [-0.4, -0.2) is 78.9 Å². The van der Waals surface area contributed by atoms with Crippen LogP contribution < -0.4 is 11.4 Å². The Hall–Kier alpha value is -3.78. The van der Waals surface area contributed by atoms with Crippen LogP contribution in [0.15, 0.2) is 126 Å². The summed E-state index contributed by atoms with van der Waals surface area (Å²) in [4.78, 5) is 49.6. The third kappa shape index (κ3) is 27.8. The molecule has 14 nitrogen and oxygen atoms in total. The van der Waals surface area contributed by atoms with Gasteiger partial charge in [-0.1, -0.05) is 175 Å². The Kier molecular flexibility index (Phi) is 39.8. The molecule has 410 valence electrons. The summed E-state index contributed by atoms with van der Waals surface area (Å²) in [6.45, 7) is 11.8. The molecule has 0 bridgehead atoms. The van der Waals surface area contributed by atoms with Crippen molar-refractivity contribution in [2.45, 2.75) is 68.6 Å². The molecule has 74 heavy (non-hydrogen) atoms. The third-order valence-corrected chi connectivity index (χ3v) is 13.0. The van der Waals surface area contributed by atoms with Gasteiger partial charge in [0.2, 0.25) is 5.24 Å². The molecule has 1 saturated heterocycles. The molecule has 5 aromatic carbocycles. The number of nitrogens with one attached hydrogen (secondary N) is 1. The van der Waals surface area contributed by atoms with E-state index in [9.17, 15) is 24.4 Å². The van der Waals surface area contributed by atoms with Crippen molar-refractivity contribution in [1.29, 1.82) is 0 Å². The SMILES string of the molecule is C.CC(C)(CCl)C(=O)Cl.CC(C)(CCl)C(=O)N(O)Cc1ccccc1Cl.CC1(C)CON(Cc2ccccc2Cl)C1=O.Cl.NO.O/N=C/c1ccccc1Cl.O=Cc1ccccc1Cl.ONCc1ccccc1Cl. The molecule has 6 rings (SSSR count). The van der Waals surface area contributed by atoms with Gasteiger partial charge in [0.1, 0.15) is 0 Å². The van der Waals surface area contributed by atoms with E-state index in [4.69, 9.17) is 113 Å². The van der Waals surface area contributed by atoms with Crippen LogP contribution in [0.3, 0.4) is 0 Å². The molecule has 7 N–H and O–H groups in total. The summed E-state index contributed by atoms with van der Waals surface area (Å²) < 4.78 is 0. The molecule has 0 aliphatic carbocycles. The van der Waals surface area contributed by atoms with Crippen LogP contribution in [0.5, 0.6) is 0 Å². The number of nitrogens with two attached hydrogens (primary N) is 1. The summed E-state index contributed by atoms with van der Waals surface area (Å²) in [6, 6.07) is 35.9. The molecule has 0 radical (unpaired) electrons. The maximum absolute atomic E-state index is 11.9. The van der Waals surface area contributed by atoms with E-state index < -0.39 is 22.2 Å². The van der Waals surface area contributed by atoms with Crippen molar-refractivity contribution in [3.05, 3.63) is 174 Å². The number of carbonyl (C=O) groups is 4. The fraction of sp³-hybridized carbons (Fsp3) is 0.314. The zero-order valence-corrected chi connectivity index (χ0v) is 47.5. The number of amides is 2. The van der Waals surface area contributed by atoms with Crippen molar-refractivity contribution in [3.8, 4) is 0 Å². The van der Waals surface area contributed by atoms with Gasteiger partial charge in [-0.15, -0.1) is 35.6 Å². The lowest BCUT2D eigenvalue weighted by molar-refractivity contribution is -0.177. The zero-order valence-electron chi connectivity index (χ0n) is 40.6. The summed E-state index contributed by atoms with van der Waals surface area (Å²) in [5, 5.41) is 40.2. The number of carbonyl (C=O) groups excluding carboxylic acids is 4. The first-order chi connectivity index (χ1) is 33.9. The monoisotopic (exact) mass is 1210 g/mol. The molecule has 23 heteroatoms. The zero-order chi connectivity index (χ0) is 55.1. The van der Waals surface area contributed by atoms with E-state index in [0.717, 1.165) is 17.4 Å². The Labute approximate surface area is 480 Å². The van der Waals surface area contributed by atoms with Gasteiger partial charge in [-0.2, -0.15) is 0 Å². The van der Waals surface area contributed by atoms with Crippen LogP contribution in [0, 0.1) is 16.2 Å². The van der Waals surface area contributed by atoms with Crippen LogP contribution in [-0.2, 0) is 38.9 Å². The van der Waals surface area contributed by atoms with Gasteiger partial charge in [0.25, 0.3) is 11.8 Å². The molecular weight excluding hydrogens is 1150 g/mol. The molecule has 1 aliphatic heterocycles. The first kappa shape index (κ1) is 74.5. The first-order valence-electron chi connectivity index (χ1n) is 21.1. The number of halogens is 9. The van der Waals surface area contributed by atoms with Crippen molar-refractivity contribution in [2.24, 2.45) is 27.3 Å². The summed E-state index contributed by atoms with van der Waals surface area (Å²) in [7, 11) is 0. The van der Waals surface area contributed by atoms with E-state index in [0.29, 0.717) is 66.6 Å². The number of hydroxylamine groups is 5. The van der Waals surface area contributed by atoms with E-state index >= 15 is 0 Å². The molecule has 5 aromatic rings. The van der Waals surface area contributed by atoms with Crippen LogP contribution in [0.1, 0.15) is 81.6 Å². The summed E-state index contributed by atoms with van der Waals surface area (Å²) in [5.41, 5.74) is 3.99. The average Bonchev–Trinajstić information content (AvgIpc) is 3.62. The lowest BCUT2D eigenvalue weighted by Gasteiger charge is -2.26. The molecular formula is C51H64Cl9N5O9. The maximum atomic E-state index is 11.9. The smallest absolute Gasteiger partial charge is 0.254 e. The van der Waals surface area contributed by atoms with Gasteiger partial charge >= 0.3 is 0 Å². The summed E-state index contributed by atoms with van der Waals surface area (Å²) in [6.07, 6.45) is 2.03. The van der Waals surface area contributed by atoms with E-state index in [1.165, 1.54) is 11.3 Å². The number of hydrogen-bond acceptors (Lipinski definition) is 12. The van der Waals surface area contributed by atoms with E-state index in [1.54, 1.807) is 94.4 Å². The largest absolute Gasteiger partial charge is 0.411 e. The van der Waals surface area contributed by atoms with Gasteiger partial charge in [-0.3, -0.25) is 29.2 Å². The third-order valence-electron chi connectivity index (χ3n) is 9.31. The van der Waals surface area contributed by atoms with Crippen LogP contribution >= 0.6 is 105 Å². The molecule has 0 atom stereocenters. The Morgan fingerprint density at radius 3 is 1.45 bits per heavy atom. The highest BCUT2D eigenvalue weighted by Crippen LogP contribution is 2.29. The molecule has 1 aliphatic rings. The predicted octanol–water partition coefficient (Wildman–Crippen LogP) is 14.5. The number of benzene rings is 5. The van der Waals surface area contributed by atoms with Crippen molar-refractivity contribution < 1.29 is 44.8 Å². The topological polar surface area (TPSA) is 215 Å². The molecule has 0 spiro atoms. The van der Waals surface area contributed by atoms with E-state index in [1.807, 2.05) is 73.9 Å². The van der Waals surface area contributed by atoms with Crippen LogP contribution in [0.2, 0.25) is 25.1 Å². The molecule has 0 aromatic heterocycles. The van der Waals surface area contributed by atoms with E-state index in [-0.39, 0.29) is 49.3 Å². The van der Waals surface area contributed by atoms with Gasteiger partial charge in [0, 0.05) is 49.5 Å². The second-order valence-electron chi connectivity index (χ2n) is 16.7. The van der Waals surface area contributed by atoms with Gasteiger partial charge in [-0.25, -0.2) is 21.5 Å². The second kappa shape index (κ2) is 39.6. The highest BCUT2D eigenvalue weighted by molar-refractivity contribution is 6.65. The van der Waals surface area contributed by atoms with Crippen molar-refractivity contribution in [3.63, 3.8) is 0 Å². The van der Waals surface area contributed by atoms with Gasteiger partial charge < -0.3 is 15.6 Å². The number of alkyl halides is 2. The lowest BCUT2D eigenvalue weighted by atomic mass is 9.95. The average molecular weight is 1210 g/mol. The van der Waals surface area contributed by atoms with Crippen LogP contribution in [0.25, 0.3) is 0 Å². The van der Waals surface area contributed by atoms with Crippen molar-refractivity contribution in [1.82, 2.24) is 15.6 Å². The number of aldehydes is 1. The molecule has 1 fully saturated rings. The Morgan fingerprint density at radius 1 is 0.730 bits per heavy atom. The number of nitrogens with zero attached hydrogens (tertiary/aromatic N) is 3. The predicted molar refractivity (Wildman–Crippen MR) is 303 cm³/mol. The minimum atomic E-state index is -0.794. The first-order valence-corrected chi connectivity index (χ1v) is 24.5. The Bertz CT molecular complexity index is 2450. The Balaban J connectivity index is -0.000000825. The fourth-order valence-corrected chi connectivity index (χ4v) is 6.18. The van der Waals surface area contributed by atoms with Gasteiger partial charge in [0.15, 0.2) is 6.29 Å². The minimum absolute atomic E-state index is 0. The molecule has 1 heterocycles. The Morgan fingerprint density at radius 2 is 1.12 bits per heavy atom. The van der Waals surface area contributed by atoms with Crippen molar-refractivity contribution in [2.75, 3.05) is 18.4 Å². The minimum Gasteiger partial charge on any atom is -0.411 e. The summed E-state index contributed by atoms with van der Waals surface area (Å²) >= 11 is 45.2. The maximum Gasteiger partial charge on any atom is 0.254 e. The standard InChI is InChI=1S/C12H15Cl2NO2.C12H14ClNO2.C7H8ClNO.C7H6ClNO.C7H5ClO.C5H8Cl2O.CH4.ClH.H3NO/c1-12(2,8-13)11(16)15(17)7-9-5-3-4-6-10(9)14;1-12(2)8-16-14(11(12)15)7-9-5-3-4-6-10(9)13;2*8-7-4-2-1-3-6(7)5-9-10;8-7-4-2-1-3-6(7)5-9;1-5(2,3-6)4(7)8;;;1-2/h3-6,17H,7-8H2,1-2H3;3-6H,7-8H2,1-2H3;1-4,9-10H,5H2;1-5,10H;1-5H;3H2,1-2H3;1H4;1H;2H,1H2/b;;;9-5+;;;;;. The lowest BCUT2D eigenvalue weighted by Crippen LogP contribution is -2.39.